The van der Waals surface area contributed by atoms with E-state index in [0.717, 1.165) is 6.07 Å². The van der Waals surface area contributed by atoms with Crippen LogP contribution in [0.1, 0.15) is 17.2 Å². The zero-order valence-corrected chi connectivity index (χ0v) is 21.2. The van der Waals surface area contributed by atoms with Gasteiger partial charge >= 0.3 is 0 Å². The number of aliphatic hydroxyl groups excluding tert-OH is 6. The predicted octanol–water partition coefficient (Wildman–Crippen LogP) is -1.87. The smallest absolute Gasteiger partial charge is 0.270 e. The summed E-state index contributed by atoms with van der Waals surface area (Å²) in [6.07, 6.45) is -13.8. The lowest BCUT2D eigenvalue weighted by molar-refractivity contribution is -0.317. The normalized spacial score (nSPS) is 35.2. The maximum atomic E-state index is 10.7. The van der Waals surface area contributed by atoms with Crippen LogP contribution < -0.4 is 0 Å². The average molecular weight is 584 g/mol. The van der Waals surface area contributed by atoms with Gasteiger partial charge in [0.1, 0.15) is 59.8 Å². The lowest BCUT2D eigenvalue weighted by Gasteiger charge is -2.42. The van der Waals surface area contributed by atoms with Crippen molar-refractivity contribution in [2.24, 2.45) is 0 Å². The molecule has 2 saturated heterocycles. The topological polar surface area (TPSA) is 252 Å². The minimum absolute atomic E-state index is 0.0426. The summed E-state index contributed by atoms with van der Waals surface area (Å²) in [4.78, 5) is 0. The first-order chi connectivity index (χ1) is 19.4. The van der Waals surface area contributed by atoms with Gasteiger partial charge in [0.2, 0.25) is 6.29 Å². The lowest BCUT2D eigenvalue weighted by Crippen LogP contribution is -2.60. The summed E-state index contributed by atoms with van der Waals surface area (Å²) in [5, 5.41) is 101. The van der Waals surface area contributed by atoms with Gasteiger partial charge in [-0.15, -0.1) is 0 Å². The Hall–Kier alpha value is -3.38. The summed E-state index contributed by atoms with van der Waals surface area (Å²) >= 11 is 0. The second-order valence-electron chi connectivity index (χ2n) is 9.94. The van der Waals surface area contributed by atoms with E-state index in [4.69, 9.17) is 18.9 Å². The fourth-order valence-corrected chi connectivity index (χ4v) is 4.74. The van der Waals surface area contributed by atoms with Gasteiger partial charge in [0.15, 0.2) is 23.5 Å². The molecule has 10 atom stereocenters. The monoisotopic (exact) mass is 583 g/mol. The summed E-state index contributed by atoms with van der Waals surface area (Å²) in [5.74, 6) is -1.35. The molecule has 2 aromatic rings. The highest BCUT2D eigenvalue weighted by atomic mass is 16.7. The second-order valence-corrected chi connectivity index (χ2v) is 9.94. The fraction of sp³-hybridized carbons (Fsp3) is 0.462. The van der Waals surface area contributed by atoms with Gasteiger partial charge in [0.25, 0.3) is 11.9 Å². The molecule has 3 aliphatic heterocycles. The first-order valence-corrected chi connectivity index (χ1v) is 12.6. The van der Waals surface area contributed by atoms with Crippen LogP contribution in [0.25, 0.3) is 6.08 Å². The van der Waals surface area contributed by atoms with Gasteiger partial charge in [-0.2, -0.15) is 0 Å². The summed E-state index contributed by atoms with van der Waals surface area (Å²) in [5.41, 5.74) is 0.446. The van der Waals surface area contributed by atoms with Crippen LogP contribution in [0.4, 0.5) is 0 Å². The minimum Gasteiger partial charge on any atom is -0.571 e. The number of phenols is 4. The van der Waals surface area contributed by atoms with Crippen LogP contribution in [-0.4, -0.2) is 124 Å². The molecule has 2 fully saturated rings. The van der Waals surface area contributed by atoms with E-state index >= 15 is 0 Å². The Kier molecular flexibility index (Phi) is 8.15. The van der Waals surface area contributed by atoms with Crippen LogP contribution in [0.3, 0.4) is 0 Å². The summed E-state index contributed by atoms with van der Waals surface area (Å²) in [7, 11) is 0. The predicted molar refractivity (Wildman–Crippen MR) is 133 cm³/mol. The molecule has 0 aromatic heterocycles. The standard InChI is InChI=1S/C26H30O15/c27-10-4-13(29)11-6-17(24(39-16(11)5-10)9-1-2-12(28)14(30)3-9)40-26-23(36)21(34)20(33)18(41-26)8-38-25-22(35)19(32)15(31)7-37-25/h1-6,15,18-36H,7-8H2/p+1. The number of aliphatic hydroxyl groups is 7. The maximum absolute atomic E-state index is 10.7. The molecule has 3 aliphatic rings. The number of aromatic hydroxyl groups is 5. The molecule has 2 aromatic carbocycles. The van der Waals surface area contributed by atoms with Crippen molar-refractivity contribution >= 4 is 6.08 Å². The van der Waals surface area contributed by atoms with Crippen molar-refractivity contribution in [1.82, 2.24) is 0 Å². The molecule has 41 heavy (non-hydrogen) atoms. The van der Waals surface area contributed by atoms with Crippen molar-refractivity contribution in [1.29, 1.82) is 0 Å². The number of phenolic OH excluding ortho intramolecular Hbond substituents is 4. The van der Waals surface area contributed by atoms with Crippen molar-refractivity contribution in [3.63, 3.8) is 0 Å². The number of rotatable bonds is 6. The lowest BCUT2D eigenvalue weighted by atomic mass is 9.98. The van der Waals surface area contributed by atoms with Gasteiger partial charge in [0, 0.05) is 12.1 Å². The van der Waals surface area contributed by atoms with E-state index in [1.165, 1.54) is 30.3 Å². The molecule has 10 unspecified atom stereocenters. The third-order valence-corrected chi connectivity index (χ3v) is 7.06. The second kappa shape index (κ2) is 11.5. The van der Waals surface area contributed by atoms with Gasteiger partial charge in [-0.05, 0) is 18.2 Å². The van der Waals surface area contributed by atoms with Crippen LogP contribution in [0.2, 0.25) is 0 Å². The first kappa shape index (κ1) is 29.1. The molecule has 3 heterocycles. The van der Waals surface area contributed by atoms with E-state index in [-0.39, 0.29) is 35.2 Å². The number of fused-ring (bicyclic) bond motifs is 1. The van der Waals surface area contributed by atoms with Crippen molar-refractivity contribution in [3.8, 4) is 28.7 Å². The van der Waals surface area contributed by atoms with Crippen LogP contribution in [0.15, 0.2) is 36.1 Å². The van der Waals surface area contributed by atoms with Crippen molar-refractivity contribution in [3.05, 3.63) is 47.2 Å². The summed E-state index contributed by atoms with van der Waals surface area (Å²) in [6.45, 7) is -0.834. The molecule has 224 valence electrons. The van der Waals surface area contributed by atoms with E-state index in [0.29, 0.717) is 5.56 Å². The Balaban J connectivity index is 1.39. The Morgan fingerprint density at radius 3 is 2.24 bits per heavy atom. The zero-order chi connectivity index (χ0) is 29.6. The van der Waals surface area contributed by atoms with Crippen molar-refractivity contribution < 1.29 is 74.7 Å². The van der Waals surface area contributed by atoms with E-state index in [1.807, 2.05) is 0 Å². The van der Waals surface area contributed by atoms with Crippen LogP contribution >= 0.6 is 0 Å². The van der Waals surface area contributed by atoms with E-state index in [2.05, 4.69) is 4.74 Å². The molecular weight excluding hydrogens is 552 g/mol. The zero-order valence-electron chi connectivity index (χ0n) is 21.2. The van der Waals surface area contributed by atoms with Gasteiger partial charge in [-0.3, -0.25) is 0 Å². The Labute approximate surface area is 231 Å². The Morgan fingerprint density at radius 2 is 1.51 bits per heavy atom. The van der Waals surface area contributed by atoms with Crippen LogP contribution in [-0.2, 0) is 18.9 Å². The molecule has 0 bridgehead atoms. The molecule has 11 N–H and O–H groups in total. The molecule has 0 spiro atoms. The summed E-state index contributed by atoms with van der Waals surface area (Å²) in [6, 6.07) is 6.22. The number of ether oxygens (including phenoxy) is 5. The third-order valence-electron chi connectivity index (χ3n) is 7.06. The van der Waals surface area contributed by atoms with Crippen molar-refractivity contribution in [2.45, 2.75) is 61.4 Å². The molecule has 0 aliphatic carbocycles. The molecule has 15 heteroatoms. The minimum atomic E-state index is -1.79. The number of hydrogen-bond donors (Lipinski definition) is 10. The SMILES string of the molecule is Oc1cc(O)c2c(c1)[OH+]C(c1ccc(O)c(O)c1)C(OC1OC(COC3OCC(O)C(O)C3O)C(O)C(O)C1O)=C2. The quantitative estimate of drug-likeness (QED) is 0.132. The van der Waals surface area contributed by atoms with E-state index in [9.17, 15) is 51.1 Å². The molecule has 0 radical (unpaired) electrons. The summed E-state index contributed by atoms with van der Waals surface area (Å²) < 4.78 is 26.7. The maximum Gasteiger partial charge on any atom is 0.270 e. The molecular formula is C26H31O15+. The number of benzene rings is 2. The van der Waals surface area contributed by atoms with Crippen LogP contribution in [0.5, 0.6) is 28.7 Å². The van der Waals surface area contributed by atoms with Gasteiger partial charge in [0.05, 0.1) is 24.8 Å². The Morgan fingerprint density at radius 1 is 0.780 bits per heavy atom. The molecule has 0 amide bonds. The Bertz CT molecular complexity index is 1280. The highest BCUT2D eigenvalue weighted by Crippen LogP contribution is 2.46. The van der Waals surface area contributed by atoms with Crippen molar-refractivity contribution in [2.75, 3.05) is 13.2 Å². The molecule has 0 saturated carbocycles. The van der Waals surface area contributed by atoms with Crippen LogP contribution in [0, 0.1) is 0 Å². The van der Waals surface area contributed by atoms with E-state index < -0.39 is 79.5 Å². The third kappa shape index (κ3) is 5.72. The highest BCUT2D eigenvalue weighted by molar-refractivity contribution is 5.69. The molecule has 15 nitrogen and oxygen atoms in total. The number of hydrogen-bond acceptors (Lipinski definition) is 14. The largest absolute Gasteiger partial charge is 0.571 e. The highest BCUT2D eigenvalue weighted by Gasteiger charge is 2.48. The first-order valence-electron chi connectivity index (χ1n) is 12.6. The average Bonchev–Trinajstić information content (AvgIpc) is 2.93. The van der Waals surface area contributed by atoms with Gasteiger partial charge in [-0.25, -0.2) is 0 Å². The molecule has 5 rings (SSSR count). The van der Waals surface area contributed by atoms with E-state index in [1.54, 1.807) is 0 Å². The van der Waals surface area contributed by atoms with Gasteiger partial charge in [-0.1, -0.05) is 0 Å². The fourth-order valence-electron chi connectivity index (χ4n) is 4.74. The van der Waals surface area contributed by atoms with Gasteiger partial charge < -0.3 is 74.7 Å².